The van der Waals surface area contributed by atoms with Crippen molar-refractivity contribution in [3.05, 3.63) is 53.4 Å². The van der Waals surface area contributed by atoms with Crippen LogP contribution in [-0.4, -0.2) is 31.6 Å². The average Bonchev–Trinajstić information content (AvgIpc) is 3.19. The van der Waals surface area contributed by atoms with E-state index in [1.807, 2.05) is 25.3 Å². The topological polar surface area (TPSA) is 85.8 Å². The number of carbonyl (C=O) groups is 1. The molecule has 25 heavy (non-hydrogen) atoms. The summed E-state index contributed by atoms with van der Waals surface area (Å²) in [6, 6.07) is 7.31. The number of nitrogens with one attached hydrogen (secondary N) is 1. The number of imidazole rings is 1. The lowest BCUT2D eigenvalue weighted by molar-refractivity contribution is 0.0927. The van der Waals surface area contributed by atoms with E-state index < -0.39 is 0 Å². The lowest BCUT2D eigenvalue weighted by Crippen LogP contribution is -2.40. The van der Waals surface area contributed by atoms with Crippen LogP contribution in [0.15, 0.2) is 35.0 Å². The number of hydrogen-bond acceptors (Lipinski definition) is 5. The summed E-state index contributed by atoms with van der Waals surface area (Å²) in [6.45, 7) is 4.53. The van der Waals surface area contributed by atoms with E-state index >= 15 is 0 Å². The molecule has 3 heterocycles. The Morgan fingerprint density at radius 1 is 1.24 bits per heavy atom. The fraction of sp³-hybridized carbons (Fsp3) is 0.333. The van der Waals surface area contributed by atoms with Crippen LogP contribution < -0.4 is 5.32 Å². The van der Waals surface area contributed by atoms with E-state index in [1.54, 1.807) is 19.1 Å². The van der Waals surface area contributed by atoms with Gasteiger partial charge in [0.1, 0.15) is 5.82 Å². The summed E-state index contributed by atoms with van der Waals surface area (Å²) in [4.78, 5) is 21.2. The Morgan fingerprint density at radius 3 is 2.76 bits per heavy atom. The molecular weight excluding hydrogens is 318 g/mol. The number of aromatic nitrogens is 4. The third kappa shape index (κ3) is 3.17. The van der Waals surface area contributed by atoms with Gasteiger partial charge in [0.15, 0.2) is 5.82 Å². The van der Waals surface area contributed by atoms with Crippen LogP contribution in [0.5, 0.6) is 0 Å². The van der Waals surface area contributed by atoms with Gasteiger partial charge in [-0.25, -0.2) is 4.98 Å². The minimum absolute atomic E-state index is 0.0708. The number of benzene rings is 1. The molecule has 0 saturated heterocycles. The molecule has 1 atom stereocenters. The predicted octanol–water partition coefficient (Wildman–Crippen LogP) is 2.29. The highest BCUT2D eigenvalue weighted by Gasteiger charge is 2.21. The number of nitrogens with zero attached hydrogens (tertiary/aromatic N) is 4. The summed E-state index contributed by atoms with van der Waals surface area (Å²) in [5.41, 5.74) is 2.44. The first-order chi connectivity index (χ1) is 12.1. The van der Waals surface area contributed by atoms with Crippen LogP contribution in [0.25, 0.3) is 11.5 Å². The van der Waals surface area contributed by atoms with Crippen molar-refractivity contribution in [2.75, 3.05) is 0 Å². The molecule has 1 N–H and O–H groups in total. The molecule has 128 valence electrons. The Kier molecular flexibility index (Phi) is 3.83. The first-order valence-electron chi connectivity index (χ1n) is 8.33. The molecule has 0 bridgehead atoms. The molecule has 1 amide bonds. The molecule has 7 heteroatoms. The largest absolute Gasteiger partial charge is 0.347 e. The van der Waals surface area contributed by atoms with Crippen LogP contribution >= 0.6 is 0 Å². The molecule has 1 aliphatic heterocycles. The minimum Gasteiger partial charge on any atom is -0.347 e. The molecule has 1 unspecified atom stereocenters. The number of amides is 1. The van der Waals surface area contributed by atoms with Crippen molar-refractivity contribution in [3.8, 4) is 11.5 Å². The number of fused-ring (bicyclic) bond motifs is 1. The van der Waals surface area contributed by atoms with Gasteiger partial charge in [0.2, 0.25) is 0 Å². The SMILES string of the molecule is Cc1cn2c(n1)CCC(NC(=O)c1ccc(-c3nc(C)no3)cc1)C2. The average molecular weight is 337 g/mol. The van der Waals surface area contributed by atoms with Crippen LogP contribution in [0.2, 0.25) is 0 Å². The maximum atomic E-state index is 12.5. The highest BCUT2D eigenvalue weighted by molar-refractivity contribution is 5.94. The van der Waals surface area contributed by atoms with Crippen molar-refractivity contribution >= 4 is 5.91 Å². The molecule has 0 aliphatic carbocycles. The van der Waals surface area contributed by atoms with E-state index in [0.29, 0.717) is 17.3 Å². The van der Waals surface area contributed by atoms with Gasteiger partial charge in [0.25, 0.3) is 11.8 Å². The van der Waals surface area contributed by atoms with Gasteiger partial charge < -0.3 is 14.4 Å². The van der Waals surface area contributed by atoms with Crippen molar-refractivity contribution in [1.82, 2.24) is 25.0 Å². The van der Waals surface area contributed by atoms with Crippen LogP contribution in [0.1, 0.15) is 34.1 Å². The monoisotopic (exact) mass is 337 g/mol. The smallest absolute Gasteiger partial charge is 0.257 e. The molecule has 0 fully saturated rings. The first kappa shape index (κ1) is 15.6. The van der Waals surface area contributed by atoms with Crippen molar-refractivity contribution in [2.24, 2.45) is 0 Å². The van der Waals surface area contributed by atoms with E-state index in [4.69, 9.17) is 4.52 Å². The predicted molar refractivity (Wildman–Crippen MR) is 91.0 cm³/mol. The standard InChI is InChI=1S/C18H19N5O2/c1-11-9-23-10-15(7-8-16(23)19-11)21-17(24)13-3-5-14(6-4-13)18-20-12(2)22-25-18/h3-6,9,15H,7-8,10H2,1-2H3,(H,21,24). The fourth-order valence-electron chi connectivity index (χ4n) is 3.15. The second-order valence-corrected chi connectivity index (χ2v) is 6.38. The molecule has 0 radical (unpaired) electrons. The summed E-state index contributed by atoms with van der Waals surface area (Å²) in [6.07, 6.45) is 3.82. The van der Waals surface area contributed by atoms with Crippen molar-refractivity contribution in [2.45, 2.75) is 39.3 Å². The van der Waals surface area contributed by atoms with Crippen molar-refractivity contribution < 1.29 is 9.32 Å². The van der Waals surface area contributed by atoms with E-state index in [2.05, 4.69) is 25.0 Å². The molecule has 0 spiro atoms. The molecular formula is C18H19N5O2. The Balaban J connectivity index is 1.43. The number of carbonyl (C=O) groups excluding carboxylic acids is 1. The zero-order chi connectivity index (χ0) is 17.4. The maximum absolute atomic E-state index is 12.5. The number of aryl methyl sites for hydroxylation is 3. The van der Waals surface area contributed by atoms with Gasteiger partial charge in [-0.05, 0) is 44.5 Å². The van der Waals surface area contributed by atoms with Gasteiger partial charge in [-0.15, -0.1) is 0 Å². The van der Waals surface area contributed by atoms with Crippen molar-refractivity contribution in [3.63, 3.8) is 0 Å². The van der Waals surface area contributed by atoms with Crippen LogP contribution in [0, 0.1) is 13.8 Å². The zero-order valence-corrected chi connectivity index (χ0v) is 14.2. The second kappa shape index (κ2) is 6.16. The summed E-state index contributed by atoms with van der Waals surface area (Å²) in [5, 5.41) is 6.88. The third-order valence-electron chi connectivity index (χ3n) is 4.37. The van der Waals surface area contributed by atoms with Gasteiger partial charge in [0, 0.05) is 36.3 Å². The molecule has 0 saturated carbocycles. The van der Waals surface area contributed by atoms with Crippen LogP contribution in [0.3, 0.4) is 0 Å². The molecule has 2 aromatic heterocycles. The normalized spacial score (nSPS) is 16.5. The quantitative estimate of drug-likeness (QED) is 0.792. The highest BCUT2D eigenvalue weighted by atomic mass is 16.5. The van der Waals surface area contributed by atoms with Crippen LogP contribution in [-0.2, 0) is 13.0 Å². The lowest BCUT2D eigenvalue weighted by atomic mass is 10.1. The van der Waals surface area contributed by atoms with Gasteiger partial charge in [-0.1, -0.05) is 5.16 Å². The van der Waals surface area contributed by atoms with Gasteiger partial charge in [0.05, 0.1) is 5.69 Å². The molecule has 4 rings (SSSR count). The van der Waals surface area contributed by atoms with Gasteiger partial charge >= 0.3 is 0 Å². The Bertz CT molecular complexity index is 910. The van der Waals surface area contributed by atoms with E-state index in [1.165, 1.54) is 0 Å². The molecule has 1 aromatic carbocycles. The Morgan fingerprint density at radius 2 is 2.04 bits per heavy atom. The maximum Gasteiger partial charge on any atom is 0.257 e. The van der Waals surface area contributed by atoms with Crippen LogP contribution in [0.4, 0.5) is 0 Å². The van der Waals surface area contributed by atoms with Gasteiger partial charge in [-0.2, -0.15) is 4.98 Å². The molecule has 1 aliphatic rings. The summed E-state index contributed by atoms with van der Waals surface area (Å²) < 4.78 is 7.27. The summed E-state index contributed by atoms with van der Waals surface area (Å²) in [5.74, 6) is 2.07. The Hall–Kier alpha value is -2.96. The number of hydrogen-bond donors (Lipinski definition) is 1. The molecule has 7 nitrogen and oxygen atoms in total. The van der Waals surface area contributed by atoms with E-state index in [0.717, 1.165) is 36.5 Å². The summed E-state index contributed by atoms with van der Waals surface area (Å²) in [7, 11) is 0. The summed E-state index contributed by atoms with van der Waals surface area (Å²) >= 11 is 0. The second-order valence-electron chi connectivity index (χ2n) is 6.38. The molecule has 3 aromatic rings. The lowest BCUT2D eigenvalue weighted by Gasteiger charge is -2.24. The first-order valence-corrected chi connectivity index (χ1v) is 8.33. The third-order valence-corrected chi connectivity index (χ3v) is 4.37. The number of rotatable bonds is 3. The van der Waals surface area contributed by atoms with E-state index in [9.17, 15) is 4.79 Å². The fourth-order valence-corrected chi connectivity index (χ4v) is 3.15. The Labute approximate surface area is 145 Å². The zero-order valence-electron chi connectivity index (χ0n) is 14.2. The van der Waals surface area contributed by atoms with E-state index in [-0.39, 0.29) is 11.9 Å². The highest BCUT2D eigenvalue weighted by Crippen LogP contribution is 2.19. The van der Waals surface area contributed by atoms with Gasteiger partial charge in [-0.3, -0.25) is 4.79 Å². The van der Waals surface area contributed by atoms with Crippen molar-refractivity contribution in [1.29, 1.82) is 0 Å². The minimum atomic E-state index is -0.0708.